The summed E-state index contributed by atoms with van der Waals surface area (Å²) in [6, 6.07) is 13.4. The summed E-state index contributed by atoms with van der Waals surface area (Å²) in [6.45, 7) is 2.67. The van der Waals surface area contributed by atoms with Gasteiger partial charge in [0.1, 0.15) is 0 Å². The molecular formula is C16H16ClNO2. The minimum atomic E-state index is -0.817. The van der Waals surface area contributed by atoms with E-state index in [1.54, 1.807) is 0 Å². The number of aliphatic carboxylic acids is 1. The number of hydrogen-bond donors (Lipinski definition) is 2. The van der Waals surface area contributed by atoms with Gasteiger partial charge in [0.2, 0.25) is 0 Å². The monoisotopic (exact) mass is 289 g/mol. The van der Waals surface area contributed by atoms with E-state index < -0.39 is 5.97 Å². The van der Waals surface area contributed by atoms with Gasteiger partial charge in [-0.2, -0.15) is 0 Å². The molecule has 0 radical (unpaired) electrons. The molecule has 0 aliphatic rings. The largest absolute Gasteiger partial charge is 0.481 e. The SMILES string of the molecule is Cc1ccc(Cl)c(NCc2ccc(CC(=O)O)cc2)c1. The summed E-state index contributed by atoms with van der Waals surface area (Å²) in [5.74, 6) is -0.817. The number of carboxylic acids is 1. The molecule has 0 atom stereocenters. The molecule has 0 unspecified atom stereocenters. The number of anilines is 1. The van der Waals surface area contributed by atoms with Crippen molar-refractivity contribution in [2.45, 2.75) is 19.9 Å². The first-order chi connectivity index (χ1) is 9.54. The highest BCUT2D eigenvalue weighted by Gasteiger charge is 2.02. The molecular weight excluding hydrogens is 274 g/mol. The van der Waals surface area contributed by atoms with Gasteiger partial charge >= 0.3 is 5.97 Å². The fraction of sp³-hybridized carbons (Fsp3) is 0.188. The number of hydrogen-bond acceptors (Lipinski definition) is 2. The molecule has 0 aliphatic heterocycles. The predicted molar refractivity (Wildman–Crippen MR) is 81.3 cm³/mol. The Bertz CT molecular complexity index is 608. The van der Waals surface area contributed by atoms with Crippen LogP contribution in [0, 0.1) is 6.92 Å². The van der Waals surface area contributed by atoms with Crippen molar-refractivity contribution in [1.82, 2.24) is 0 Å². The van der Waals surface area contributed by atoms with Gasteiger partial charge in [0.05, 0.1) is 17.1 Å². The average Bonchev–Trinajstić information content (AvgIpc) is 2.41. The Morgan fingerprint density at radius 2 is 1.80 bits per heavy atom. The van der Waals surface area contributed by atoms with Crippen molar-refractivity contribution >= 4 is 23.3 Å². The molecule has 0 amide bonds. The minimum Gasteiger partial charge on any atom is -0.481 e. The van der Waals surface area contributed by atoms with Crippen molar-refractivity contribution in [2.75, 3.05) is 5.32 Å². The van der Waals surface area contributed by atoms with E-state index in [4.69, 9.17) is 16.7 Å². The molecule has 2 N–H and O–H groups in total. The Morgan fingerprint density at radius 3 is 2.45 bits per heavy atom. The standard InChI is InChI=1S/C16H16ClNO2/c1-11-2-7-14(17)15(8-11)18-10-13-5-3-12(4-6-13)9-16(19)20/h2-8,18H,9-10H2,1H3,(H,19,20). The van der Waals surface area contributed by atoms with E-state index in [1.807, 2.05) is 49.4 Å². The van der Waals surface area contributed by atoms with Crippen LogP contribution in [0.4, 0.5) is 5.69 Å². The van der Waals surface area contributed by atoms with Crippen LogP contribution in [0.5, 0.6) is 0 Å². The third-order valence-electron chi connectivity index (χ3n) is 2.98. The molecule has 2 aromatic rings. The summed E-state index contributed by atoms with van der Waals surface area (Å²) >= 11 is 6.12. The molecule has 3 nitrogen and oxygen atoms in total. The van der Waals surface area contributed by atoms with Gasteiger partial charge in [-0.3, -0.25) is 4.79 Å². The summed E-state index contributed by atoms with van der Waals surface area (Å²) in [4.78, 5) is 10.6. The second-order valence-electron chi connectivity index (χ2n) is 4.72. The van der Waals surface area contributed by atoms with E-state index in [-0.39, 0.29) is 6.42 Å². The lowest BCUT2D eigenvalue weighted by Crippen LogP contribution is -2.02. The van der Waals surface area contributed by atoms with Gasteiger partial charge in [-0.05, 0) is 35.7 Å². The molecule has 2 aromatic carbocycles. The highest BCUT2D eigenvalue weighted by molar-refractivity contribution is 6.33. The summed E-state index contributed by atoms with van der Waals surface area (Å²) in [6.07, 6.45) is 0.0530. The van der Waals surface area contributed by atoms with Crippen LogP contribution < -0.4 is 5.32 Å². The quantitative estimate of drug-likeness (QED) is 0.878. The smallest absolute Gasteiger partial charge is 0.307 e. The van der Waals surface area contributed by atoms with Gasteiger partial charge in [-0.15, -0.1) is 0 Å². The molecule has 0 fully saturated rings. The van der Waals surface area contributed by atoms with Gasteiger partial charge in [-0.1, -0.05) is 41.9 Å². The molecule has 0 saturated carbocycles. The number of benzene rings is 2. The average molecular weight is 290 g/mol. The van der Waals surface area contributed by atoms with Crippen LogP contribution in [0.25, 0.3) is 0 Å². The summed E-state index contributed by atoms with van der Waals surface area (Å²) in [7, 11) is 0. The lowest BCUT2D eigenvalue weighted by atomic mass is 10.1. The van der Waals surface area contributed by atoms with Crippen LogP contribution in [0.2, 0.25) is 5.02 Å². The molecule has 0 saturated heterocycles. The first-order valence-corrected chi connectivity index (χ1v) is 6.72. The molecule has 104 valence electrons. The molecule has 2 rings (SSSR count). The molecule has 0 aromatic heterocycles. The number of carbonyl (C=O) groups is 1. The minimum absolute atomic E-state index is 0.0530. The molecule has 0 heterocycles. The zero-order chi connectivity index (χ0) is 14.5. The summed E-state index contributed by atoms with van der Waals surface area (Å²) in [5.41, 5.74) is 3.93. The zero-order valence-corrected chi connectivity index (χ0v) is 11.9. The number of rotatable bonds is 5. The van der Waals surface area contributed by atoms with E-state index in [0.29, 0.717) is 11.6 Å². The van der Waals surface area contributed by atoms with Gasteiger partial charge in [0.15, 0.2) is 0 Å². The Kier molecular flexibility index (Phi) is 4.64. The van der Waals surface area contributed by atoms with Crippen LogP contribution in [-0.4, -0.2) is 11.1 Å². The van der Waals surface area contributed by atoms with Crippen LogP contribution in [0.15, 0.2) is 42.5 Å². The highest BCUT2D eigenvalue weighted by atomic mass is 35.5. The molecule has 20 heavy (non-hydrogen) atoms. The second kappa shape index (κ2) is 6.44. The van der Waals surface area contributed by atoms with Gasteiger partial charge < -0.3 is 10.4 Å². The first-order valence-electron chi connectivity index (χ1n) is 6.34. The maximum absolute atomic E-state index is 10.6. The zero-order valence-electron chi connectivity index (χ0n) is 11.2. The van der Waals surface area contributed by atoms with E-state index in [9.17, 15) is 4.79 Å². The lowest BCUT2D eigenvalue weighted by Gasteiger charge is -2.09. The summed E-state index contributed by atoms with van der Waals surface area (Å²) < 4.78 is 0. The number of nitrogens with one attached hydrogen (secondary N) is 1. The predicted octanol–water partition coefficient (Wildman–Crippen LogP) is 3.89. The Morgan fingerprint density at radius 1 is 1.15 bits per heavy atom. The van der Waals surface area contributed by atoms with Gasteiger partial charge in [-0.25, -0.2) is 0 Å². The Labute approximate surface area is 123 Å². The third kappa shape index (κ3) is 4.00. The topological polar surface area (TPSA) is 49.3 Å². The number of halogens is 1. The van der Waals surface area contributed by atoms with Crippen molar-refractivity contribution in [3.8, 4) is 0 Å². The fourth-order valence-corrected chi connectivity index (χ4v) is 2.11. The van der Waals surface area contributed by atoms with Crippen molar-refractivity contribution < 1.29 is 9.90 Å². The summed E-state index contributed by atoms with van der Waals surface area (Å²) in [5, 5.41) is 12.7. The number of carboxylic acid groups (broad SMARTS) is 1. The molecule has 0 spiro atoms. The van der Waals surface area contributed by atoms with Crippen molar-refractivity contribution in [2.24, 2.45) is 0 Å². The highest BCUT2D eigenvalue weighted by Crippen LogP contribution is 2.23. The van der Waals surface area contributed by atoms with Crippen molar-refractivity contribution in [3.63, 3.8) is 0 Å². The molecule has 0 bridgehead atoms. The molecule has 0 aliphatic carbocycles. The third-order valence-corrected chi connectivity index (χ3v) is 3.31. The van der Waals surface area contributed by atoms with Crippen molar-refractivity contribution in [3.05, 3.63) is 64.2 Å². The van der Waals surface area contributed by atoms with Crippen LogP contribution in [-0.2, 0) is 17.8 Å². The Balaban J connectivity index is 2.00. The Hall–Kier alpha value is -2.00. The van der Waals surface area contributed by atoms with Crippen LogP contribution in [0.1, 0.15) is 16.7 Å². The lowest BCUT2D eigenvalue weighted by molar-refractivity contribution is -0.136. The maximum Gasteiger partial charge on any atom is 0.307 e. The van der Waals surface area contributed by atoms with E-state index in [1.165, 1.54) is 0 Å². The molecule has 4 heteroatoms. The number of aryl methyl sites for hydroxylation is 1. The normalized spacial score (nSPS) is 10.3. The van der Waals surface area contributed by atoms with Crippen LogP contribution >= 0.6 is 11.6 Å². The second-order valence-corrected chi connectivity index (χ2v) is 5.13. The van der Waals surface area contributed by atoms with Crippen molar-refractivity contribution in [1.29, 1.82) is 0 Å². The van der Waals surface area contributed by atoms with E-state index in [0.717, 1.165) is 22.4 Å². The van der Waals surface area contributed by atoms with E-state index >= 15 is 0 Å². The first kappa shape index (κ1) is 14.4. The fourth-order valence-electron chi connectivity index (χ4n) is 1.92. The van der Waals surface area contributed by atoms with E-state index in [2.05, 4.69) is 5.32 Å². The maximum atomic E-state index is 10.6. The van der Waals surface area contributed by atoms with Gasteiger partial charge in [0, 0.05) is 6.54 Å². The van der Waals surface area contributed by atoms with Crippen LogP contribution in [0.3, 0.4) is 0 Å². The van der Waals surface area contributed by atoms with Gasteiger partial charge in [0.25, 0.3) is 0 Å².